The van der Waals surface area contributed by atoms with Crippen LogP contribution in [0.5, 0.6) is 0 Å². The van der Waals surface area contributed by atoms with Crippen LogP contribution in [-0.4, -0.2) is 8.42 Å². The van der Waals surface area contributed by atoms with Crippen molar-refractivity contribution in [3.8, 4) is 0 Å². The van der Waals surface area contributed by atoms with Crippen LogP contribution in [0.1, 0.15) is 0 Å². The fraction of sp³-hybridized carbons (Fsp3) is 0. The molecule has 0 aliphatic heterocycles. The van der Waals surface area contributed by atoms with Crippen LogP contribution in [-0.2, 0) is 10.0 Å². The van der Waals surface area contributed by atoms with E-state index < -0.39 is 10.0 Å². The van der Waals surface area contributed by atoms with E-state index in [1.807, 2.05) is 6.07 Å². The van der Waals surface area contributed by atoms with E-state index >= 15 is 0 Å². The fourth-order valence-electron chi connectivity index (χ4n) is 1.36. The van der Waals surface area contributed by atoms with Gasteiger partial charge in [-0.2, -0.15) is 0 Å². The Kier molecular flexibility index (Phi) is 4.09. The Morgan fingerprint density at radius 1 is 0.889 bits per heavy atom. The van der Waals surface area contributed by atoms with Gasteiger partial charge in [-0.05, 0) is 52.3 Å². The molecule has 94 valence electrons. The minimum atomic E-state index is -3.55. The molecule has 0 spiro atoms. The minimum Gasteiger partial charge on any atom is -0.278 e. The first-order valence-corrected chi connectivity index (χ1v) is 8.09. The molecular weight excluding hydrogens is 382 g/mol. The van der Waals surface area contributed by atoms with Crippen LogP contribution in [0.15, 0.2) is 62.4 Å². The van der Waals surface area contributed by atoms with Crippen LogP contribution >= 0.6 is 31.9 Å². The van der Waals surface area contributed by atoms with Crippen LogP contribution in [0.25, 0.3) is 0 Å². The molecule has 0 unspecified atom stereocenters. The van der Waals surface area contributed by atoms with Gasteiger partial charge in [0.05, 0.1) is 10.6 Å². The van der Waals surface area contributed by atoms with Crippen LogP contribution in [0, 0.1) is 0 Å². The number of sulfonamides is 1. The predicted molar refractivity (Wildman–Crippen MR) is 79.1 cm³/mol. The lowest BCUT2D eigenvalue weighted by Gasteiger charge is -2.09. The molecule has 0 amide bonds. The van der Waals surface area contributed by atoms with Crippen LogP contribution in [0.4, 0.5) is 5.69 Å². The summed E-state index contributed by atoms with van der Waals surface area (Å²) < 4.78 is 28.3. The molecule has 6 heteroatoms. The molecule has 2 rings (SSSR count). The van der Waals surface area contributed by atoms with Crippen LogP contribution in [0.3, 0.4) is 0 Å². The molecule has 0 saturated carbocycles. The molecule has 0 aromatic heterocycles. The second kappa shape index (κ2) is 5.42. The van der Waals surface area contributed by atoms with Gasteiger partial charge >= 0.3 is 0 Å². The number of para-hydroxylation sites is 1. The van der Waals surface area contributed by atoms with E-state index in [0.29, 0.717) is 10.2 Å². The molecule has 0 saturated heterocycles. The lowest BCUT2D eigenvalue weighted by molar-refractivity contribution is 0.601. The van der Waals surface area contributed by atoms with Gasteiger partial charge < -0.3 is 0 Å². The smallest absolute Gasteiger partial charge is 0.261 e. The number of nitrogens with one attached hydrogen (secondary N) is 1. The quantitative estimate of drug-likeness (QED) is 0.860. The first kappa shape index (κ1) is 13.6. The third kappa shape index (κ3) is 3.13. The van der Waals surface area contributed by atoms with E-state index in [2.05, 4.69) is 36.6 Å². The van der Waals surface area contributed by atoms with Gasteiger partial charge in [0.15, 0.2) is 0 Å². The summed E-state index contributed by atoms with van der Waals surface area (Å²) in [6, 6.07) is 13.5. The normalized spacial score (nSPS) is 11.2. The van der Waals surface area contributed by atoms with Gasteiger partial charge in [0.1, 0.15) is 0 Å². The Labute approximate surface area is 123 Å². The summed E-state index contributed by atoms with van der Waals surface area (Å²) in [7, 11) is -3.55. The van der Waals surface area contributed by atoms with Crippen molar-refractivity contribution in [2.45, 2.75) is 4.90 Å². The highest BCUT2D eigenvalue weighted by molar-refractivity contribution is 9.10. The lowest BCUT2D eigenvalue weighted by Crippen LogP contribution is -2.13. The molecule has 0 bridgehead atoms. The van der Waals surface area contributed by atoms with E-state index in [4.69, 9.17) is 0 Å². The van der Waals surface area contributed by atoms with E-state index in [1.165, 1.54) is 0 Å². The van der Waals surface area contributed by atoms with Crippen molar-refractivity contribution in [1.29, 1.82) is 0 Å². The first-order valence-electron chi connectivity index (χ1n) is 5.02. The minimum absolute atomic E-state index is 0.224. The number of hydrogen-bond donors (Lipinski definition) is 1. The van der Waals surface area contributed by atoms with Crippen LogP contribution in [0.2, 0.25) is 0 Å². The van der Waals surface area contributed by atoms with Gasteiger partial charge in [-0.1, -0.05) is 28.1 Å². The lowest BCUT2D eigenvalue weighted by atomic mass is 10.3. The highest BCUT2D eigenvalue weighted by atomic mass is 79.9. The molecule has 0 fully saturated rings. The van der Waals surface area contributed by atoms with Crippen LogP contribution < -0.4 is 4.72 Å². The first-order chi connectivity index (χ1) is 8.49. The summed E-state index contributed by atoms with van der Waals surface area (Å²) in [5.41, 5.74) is 0.514. The Morgan fingerprint density at radius 2 is 1.50 bits per heavy atom. The summed E-state index contributed by atoms with van der Waals surface area (Å²) >= 11 is 6.57. The number of hydrogen-bond acceptors (Lipinski definition) is 2. The molecule has 2 aromatic carbocycles. The summed E-state index contributed by atoms with van der Waals surface area (Å²) in [5, 5.41) is 0. The van der Waals surface area contributed by atoms with Gasteiger partial charge in [-0.25, -0.2) is 8.42 Å². The van der Waals surface area contributed by atoms with E-state index in [9.17, 15) is 8.42 Å². The van der Waals surface area contributed by atoms with Gasteiger partial charge in [0.25, 0.3) is 10.0 Å². The maximum atomic E-state index is 12.1. The monoisotopic (exact) mass is 389 g/mol. The van der Waals surface area contributed by atoms with Crippen molar-refractivity contribution >= 4 is 47.6 Å². The van der Waals surface area contributed by atoms with Crippen molar-refractivity contribution in [2.75, 3.05) is 4.72 Å². The Morgan fingerprint density at radius 3 is 2.11 bits per heavy atom. The molecule has 3 nitrogen and oxygen atoms in total. The molecular formula is C12H9Br2NO2S. The number of halogens is 2. The zero-order valence-electron chi connectivity index (χ0n) is 9.10. The maximum Gasteiger partial charge on any atom is 0.261 e. The van der Waals surface area contributed by atoms with E-state index in [0.717, 1.165) is 4.47 Å². The second-order valence-electron chi connectivity index (χ2n) is 3.54. The largest absolute Gasteiger partial charge is 0.278 e. The topological polar surface area (TPSA) is 46.2 Å². The maximum absolute atomic E-state index is 12.1. The fourth-order valence-corrected chi connectivity index (χ4v) is 3.22. The molecule has 0 radical (unpaired) electrons. The molecule has 0 heterocycles. The molecule has 1 N–H and O–H groups in total. The molecule has 18 heavy (non-hydrogen) atoms. The summed E-state index contributed by atoms with van der Waals surface area (Å²) in [5.74, 6) is 0. The Hall–Kier alpha value is -0.850. The van der Waals surface area contributed by atoms with Gasteiger partial charge in [0.2, 0.25) is 0 Å². The summed E-state index contributed by atoms with van der Waals surface area (Å²) in [4.78, 5) is 0.224. The average Bonchev–Trinajstić information content (AvgIpc) is 2.32. The average molecular weight is 391 g/mol. The number of rotatable bonds is 3. The number of benzene rings is 2. The van der Waals surface area contributed by atoms with E-state index in [-0.39, 0.29) is 4.90 Å². The van der Waals surface area contributed by atoms with Crippen molar-refractivity contribution in [2.24, 2.45) is 0 Å². The molecule has 0 aliphatic rings. The third-order valence-electron chi connectivity index (χ3n) is 2.24. The van der Waals surface area contributed by atoms with Gasteiger partial charge in [-0.3, -0.25) is 4.72 Å². The van der Waals surface area contributed by atoms with Gasteiger partial charge in [-0.15, -0.1) is 0 Å². The molecule has 0 aliphatic carbocycles. The van der Waals surface area contributed by atoms with Crippen molar-refractivity contribution in [3.05, 3.63) is 57.5 Å². The van der Waals surface area contributed by atoms with Crippen molar-refractivity contribution in [3.63, 3.8) is 0 Å². The van der Waals surface area contributed by atoms with Gasteiger partial charge in [0, 0.05) is 8.95 Å². The third-order valence-corrected chi connectivity index (χ3v) is 4.84. The number of anilines is 1. The SMILES string of the molecule is O=S(=O)(Nc1ccccc1Br)c1ccc(Br)cc1. The van der Waals surface area contributed by atoms with Crippen molar-refractivity contribution in [1.82, 2.24) is 0 Å². The molecule has 0 atom stereocenters. The molecule has 2 aromatic rings. The summed E-state index contributed by atoms with van der Waals surface area (Å²) in [6.07, 6.45) is 0. The zero-order chi connectivity index (χ0) is 13.2. The zero-order valence-corrected chi connectivity index (χ0v) is 13.1. The second-order valence-corrected chi connectivity index (χ2v) is 6.99. The Bertz CT molecular complexity index is 654. The standard InChI is InChI=1S/C12H9Br2NO2S/c13-9-5-7-10(8-6-9)18(16,17)15-12-4-2-1-3-11(12)14/h1-8,15H. The van der Waals surface area contributed by atoms with Crippen molar-refractivity contribution < 1.29 is 8.42 Å². The highest BCUT2D eigenvalue weighted by Crippen LogP contribution is 2.24. The van der Waals surface area contributed by atoms with E-state index in [1.54, 1.807) is 42.5 Å². The highest BCUT2D eigenvalue weighted by Gasteiger charge is 2.14. The predicted octanol–water partition coefficient (Wildman–Crippen LogP) is 4.01. The summed E-state index contributed by atoms with van der Waals surface area (Å²) in [6.45, 7) is 0. The Balaban J connectivity index is 2.33.